The molecule has 1 aromatic carbocycles. The number of hydrogen-bond acceptors (Lipinski definition) is 4. The summed E-state index contributed by atoms with van der Waals surface area (Å²) in [5, 5.41) is 22.5. The van der Waals surface area contributed by atoms with E-state index >= 15 is 0 Å². The number of nitrogens with zero attached hydrogens (tertiary/aromatic N) is 1. The van der Waals surface area contributed by atoms with E-state index in [2.05, 4.69) is 11.4 Å². The maximum absolute atomic E-state index is 10.4. The molecule has 19 heavy (non-hydrogen) atoms. The zero-order valence-corrected chi connectivity index (χ0v) is 11.4. The van der Waals surface area contributed by atoms with Gasteiger partial charge in [-0.05, 0) is 37.1 Å². The van der Waals surface area contributed by atoms with Gasteiger partial charge in [-0.1, -0.05) is 6.07 Å². The van der Waals surface area contributed by atoms with Gasteiger partial charge in [0.05, 0.1) is 17.7 Å². The first-order valence-electron chi connectivity index (χ1n) is 6.59. The Labute approximate surface area is 114 Å². The average Bonchev–Trinajstić information content (AvgIpc) is 2.72. The van der Waals surface area contributed by atoms with Crippen LogP contribution in [-0.4, -0.2) is 30.0 Å². The summed E-state index contributed by atoms with van der Waals surface area (Å²) in [6, 6.07) is 7.79. The Hall–Kier alpha value is -1.41. The van der Waals surface area contributed by atoms with Gasteiger partial charge in [0.2, 0.25) is 0 Å². The van der Waals surface area contributed by atoms with E-state index in [-0.39, 0.29) is 6.10 Å². The fourth-order valence-corrected chi connectivity index (χ4v) is 2.38. The molecule has 0 radical (unpaired) electrons. The Balaban J connectivity index is 1.91. The van der Waals surface area contributed by atoms with Crippen molar-refractivity contribution in [3.8, 4) is 6.07 Å². The molecule has 2 unspecified atom stereocenters. The molecule has 1 aliphatic rings. The van der Waals surface area contributed by atoms with E-state index in [1.165, 1.54) is 0 Å². The van der Waals surface area contributed by atoms with E-state index in [0.29, 0.717) is 31.7 Å². The second-order valence-electron chi connectivity index (χ2n) is 5.22. The van der Waals surface area contributed by atoms with E-state index in [1.54, 1.807) is 0 Å². The molecule has 0 bridgehead atoms. The number of nitriles is 1. The minimum absolute atomic E-state index is 0.123. The molecular weight excluding hydrogens is 240 g/mol. The van der Waals surface area contributed by atoms with Crippen LogP contribution in [0.2, 0.25) is 0 Å². The largest absolute Gasteiger partial charge is 0.386 e. The van der Waals surface area contributed by atoms with Crippen LogP contribution in [0.3, 0.4) is 0 Å². The Morgan fingerprint density at radius 3 is 2.95 bits per heavy atom. The second-order valence-corrected chi connectivity index (χ2v) is 5.22. The summed E-state index contributed by atoms with van der Waals surface area (Å²) in [5.41, 5.74) is 2.15. The Bertz CT molecular complexity index is 495. The number of rotatable bonds is 4. The Morgan fingerprint density at radius 1 is 1.58 bits per heavy atom. The Kier molecular flexibility index (Phi) is 4.20. The predicted octanol–water partition coefficient (Wildman–Crippen LogP) is 1.50. The molecule has 1 aliphatic heterocycles. The van der Waals surface area contributed by atoms with Crippen molar-refractivity contribution < 1.29 is 9.84 Å². The van der Waals surface area contributed by atoms with Crippen molar-refractivity contribution in [2.45, 2.75) is 38.5 Å². The van der Waals surface area contributed by atoms with Gasteiger partial charge in [-0.25, -0.2) is 0 Å². The molecule has 0 spiro atoms. The minimum atomic E-state index is -0.763. The van der Waals surface area contributed by atoms with Crippen molar-refractivity contribution in [2.75, 3.05) is 13.2 Å². The third-order valence-electron chi connectivity index (χ3n) is 3.88. The zero-order chi connectivity index (χ0) is 13.9. The van der Waals surface area contributed by atoms with Crippen molar-refractivity contribution in [1.82, 2.24) is 5.32 Å². The molecule has 0 saturated carbocycles. The molecule has 1 heterocycles. The van der Waals surface area contributed by atoms with Crippen molar-refractivity contribution in [1.29, 1.82) is 5.26 Å². The molecule has 4 heteroatoms. The van der Waals surface area contributed by atoms with Gasteiger partial charge >= 0.3 is 0 Å². The van der Waals surface area contributed by atoms with Gasteiger partial charge in [0, 0.05) is 26.1 Å². The highest BCUT2D eigenvalue weighted by molar-refractivity contribution is 5.37. The minimum Gasteiger partial charge on any atom is -0.386 e. The molecule has 2 rings (SSSR count). The molecule has 1 fully saturated rings. The monoisotopic (exact) mass is 260 g/mol. The van der Waals surface area contributed by atoms with Gasteiger partial charge in [-0.15, -0.1) is 0 Å². The third-order valence-corrected chi connectivity index (χ3v) is 3.88. The first-order chi connectivity index (χ1) is 9.05. The van der Waals surface area contributed by atoms with Crippen molar-refractivity contribution in [2.24, 2.45) is 0 Å². The maximum atomic E-state index is 10.4. The van der Waals surface area contributed by atoms with E-state index < -0.39 is 5.60 Å². The highest BCUT2D eigenvalue weighted by Crippen LogP contribution is 2.24. The van der Waals surface area contributed by atoms with Gasteiger partial charge in [-0.2, -0.15) is 5.26 Å². The topological polar surface area (TPSA) is 65.3 Å². The lowest BCUT2D eigenvalue weighted by molar-refractivity contribution is -0.0263. The van der Waals surface area contributed by atoms with Crippen LogP contribution in [0, 0.1) is 18.3 Å². The Morgan fingerprint density at radius 2 is 2.37 bits per heavy atom. The van der Waals surface area contributed by atoms with Crippen LogP contribution in [-0.2, 0) is 11.3 Å². The highest BCUT2D eigenvalue weighted by atomic mass is 16.5. The van der Waals surface area contributed by atoms with E-state index in [9.17, 15) is 5.11 Å². The number of ether oxygens (including phenoxy) is 1. The van der Waals surface area contributed by atoms with Crippen LogP contribution in [0.15, 0.2) is 18.2 Å². The molecule has 4 nitrogen and oxygen atoms in total. The summed E-state index contributed by atoms with van der Waals surface area (Å²) in [7, 11) is 0. The quantitative estimate of drug-likeness (QED) is 0.861. The molecule has 1 aromatic rings. The van der Waals surface area contributed by atoms with Crippen LogP contribution in [0.4, 0.5) is 0 Å². The van der Waals surface area contributed by atoms with Crippen molar-refractivity contribution in [3.63, 3.8) is 0 Å². The van der Waals surface area contributed by atoms with E-state index in [1.807, 2.05) is 32.0 Å². The van der Waals surface area contributed by atoms with Gasteiger partial charge in [0.25, 0.3) is 0 Å². The zero-order valence-electron chi connectivity index (χ0n) is 11.4. The fourth-order valence-electron chi connectivity index (χ4n) is 2.38. The van der Waals surface area contributed by atoms with Crippen molar-refractivity contribution >= 4 is 0 Å². The second kappa shape index (κ2) is 5.70. The van der Waals surface area contributed by atoms with Gasteiger partial charge in [0.1, 0.15) is 5.60 Å². The molecule has 2 atom stereocenters. The molecule has 0 amide bonds. The molecular formula is C15H20N2O2. The van der Waals surface area contributed by atoms with Crippen LogP contribution >= 0.6 is 0 Å². The number of hydrogen-bond donors (Lipinski definition) is 2. The summed E-state index contributed by atoms with van der Waals surface area (Å²) in [4.78, 5) is 0. The molecule has 102 valence electrons. The van der Waals surface area contributed by atoms with Crippen LogP contribution in [0.25, 0.3) is 0 Å². The van der Waals surface area contributed by atoms with Gasteiger partial charge < -0.3 is 15.2 Å². The first-order valence-corrected chi connectivity index (χ1v) is 6.59. The summed E-state index contributed by atoms with van der Waals surface area (Å²) in [6.07, 6.45) is 0.551. The third kappa shape index (κ3) is 3.13. The predicted molar refractivity (Wildman–Crippen MR) is 72.6 cm³/mol. The van der Waals surface area contributed by atoms with Crippen LogP contribution < -0.4 is 5.32 Å². The summed E-state index contributed by atoms with van der Waals surface area (Å²) >= 11 is 0. The molecule has 0 aliphatic carbocycles. The number of benzene rings is 1. The smallest absolute Gasteiger partial charge is 0.105 e. The molecule has 0 aromatic heterocycles. The average molecular weight is 260 g/mol. The molecule has 2 N–H and O–H groups in total. The van der Waals surface area contributed by atoms with Crippen LogP contribution in [0.5, 0.6) is 0 Å². The van der Waals surface area contributed by atoms with Gasteiger partial charge in [0.15, 0.2) is 0 Å². The lowest BCUT2D eigenvalue weighted by atomic mass is 9.96. The van der Waals surface area contributed by atoms with Crippen LogP contribution in [0.1, 0.15) is 30.0 Å². The first kappa shape index (κ1) is 14.0. The van der Waals surface area contributed by atoms with E-state index in [4.69, 9.17) is 10.00 Å². The number of aryl methyl sites for hydroxylation is 1. The SMILES string of the molecule is Cc1cc(C#N)ccc1CNCC1(O)CCOC1C. The molecule has 1 saturated heterocycles. The number of nitrogens with one attached hydrogen (secondary N) is 1. The summed E-state index contributed by atoms with van der Waals surface area (Å²) < 4.78 is 5.40. The van der Waals surface area contributed by atoms with E-state index in [0.717, 1.165) is 11.1 Å². The fraction of sp³-hybridized carbons (Fsp3) is 0.533. The summed E-state index contributed by atoms with van der Waals surface area (Å²) in [5.74, 6) is 0. The lowest BCUT2D eigenvalue weighted by Crippen LogP contribution is -2.45. The standard InChI is InChI=1S/C15H20N2O2/c1-11-7-13(8-16)3-4-14(11)9-17-10-15(18)5-6-19-12(15)2/h3-4,7,12,17-18H,5-6,9-10H2,1-2H3. The lowest BCUT2D eigenvalue weighted by Gasteiger charge is -2.26. The normalized spacial score (nSPS) is 26.3. The van der Waals surface area contributed by atoms with Crippen molar-refractivity contribution in [3.05, 3.63) is 34.9 Å². The maximum Gasteiger partial charge on any atom is 0.105 e. The summed E-state index contributed by atoms with van der Waals surface area (Å²) in [6.45, 7) is 5.73. The highest BCUT2D eigenvalue weighted by Gasteiger charge is 2.38. The number of aliphatic hydroxyl groups is 1. The van der Waals surface area contributed by atoms with Gasteiger partial charge in [-0.3, -0.25) is 0 Å².